The highest BCUT2D eigenvalue weighted by Crippen LogP contribution is 2.34. The number of ether oxygens (including phenoxy) is 2. The summed E-state index contributed by atoms with van der Waals surface area (Å²) in [7, 11) is 1.53. The molecule has 0 spiro atoms. The normalized spacial score (nSPS) is 10.3. The molecule has 0 aromatic heterocycles. The van der Waals surface area contributed by atoms with Gasteiger partial charge in [-0.25, -0.2) is 4.79 Å². The van der Waals surface area contributed by atoms with E-state index in [4.69, 9.17) is 9.47 Å². The van der Waals surface area contributed by atoms with Gasteiger partial charge in [0.05, 0.1) is 12.0 Å². The second-order valence-corrected chi connectivity index (χ2v) is 6.61. The number of hydrogen-bond donors (Lipinski definition) is 2. The van der Waals surface area contributed by atoms with Gasteiger partial charge in [0.15, 0.2) is 6.61 Å². The van der Waals surface area contributed by atoms with Gasteiger partial charge in [0.1, 0.15) is 11.5 Å². The van der Waals surface area contributed by atoms with Crippen LogP contribution in [0.3, 0.4) is 0 Å². The molecule has 0 saturated carbocycles. The number of hydrogen-bond acceptors (Lipinski definition) is 6. The maximum Gasteiger partial charge on any atom is 0.321 e. The van der Waals surface area contributed by atoms with Crippen molar-refractivity contribution in [1.82, 2.24) is 10.6 Å². The molecule has 2 aromatic rings. The number of amides is 3. The van der Waals surface area contributed by atoms with Crippen molar-refractivity contribution >= 4 is 17.6 Å². The minimum atomic E-state index is -0.634. The fourth-order valence-electron chi connectivity index (χ4n) is 2.40. The Kier molecular flexibility index (Phi) is 7.53. The van der Waals surface area contributed by atoms with Crippen molar-refractivity contribution in [3.8, 4) is 22.6 Å². The van der Waals surface area contributed by atoms with Crippen molar-refractivity contribution in [3.63, 3.8) is 0 Å². The van der Waals surface area contributed by atoms with Crippen molar-refractivity contribution in [1.29, 1.82) is 0 Å². The van der Waals surface area contributed by atoms with Crippen LogP contribution in [-0.4, -0.2) is 37.1 Å². The molecule has 0 aliphatic rings. The molecule has 0 atom stereocenters. The number of non-ortho nitro benzene ring substituents is 1. The molecule has 9 nitrogen and oxygen atoms in total. The SMILES string of the molecule is COc1ccc(-c2cc([N+](=O)[O-])ccc2OCC(=O)NC(=O)NCC(C)C)cc1. The zero-order valence-electron chi connectivity index (χ0n) is 16.4. The van der Waals surface area contributed by atoms with E-state index < -0.39 is 23.5 Å². The number of methoxy groups -OCH3 is 1. The van der Waals surface area contributed by atoms with Crippen LogP contribution in [0.15, 0.2) is 42.5 Å². The highest BCUT2D eigenvalue weighted by atomic mass is 16.6. The first-order valence-corrected chi connectivity index (χ1v) is 8.93. The van der Waals surface area contributed by atoms with E-state index >= 15 is 0 Å². The van der Waals surface area contributed by atoms with Crippen molar-refractivity contribution in [3.05, 3.63) is 52.6 Å². The molecule has 0 aliphatic heterocycles. The van der Waals surface area contributed by atoms with E-state index in [1.165, 1.54) is 25.3 Å². The predicted octanol–water partition coefficient (Wildman–Crippen LogP) is 3.13. The summed E-state index contributed by atoms with van der Waals surface area (Å²) in [5, 5.41) is 15.9. The number of nitro groups is 1. The lowest BCUT2D eigenvalue weighted by atomic mass is 10.0. The summed E-state index contributed by atoms with van der Waals surface area (Å²) in [4.78, 5) is 34.2. The quantitative estimate of drug-likeness (QED) is 0.518. The van der Waals surface area contributed by atoms with E-state index in [-0.39, 0.29) is 17.4 Å². The fraction of sp³-hybridized carbons (Fsp3) is 0.300. The Hall–Kier alpha value is -3.62. The van der Waals surface area contributed by atoms with E-state index in [0.717, 1.165) is 0 Å². The molecule has 154 valence electrons. The Bertz CT molecular complexity index is 880. The number of nitro benzene ring substituents is 1. The first-order valence-electron chi connectivity index (χ1n) is 8.93. The van der Waals surface area contributed by atoms with Gasteiger partial charge in [-0.15, -0.1) is 0 Å². The number of imide groups is 1. The van der Waals surface area contributed by atoms with Crippen LogP contribution in [-0.2, 0) is 4.79 Å². The molecular formula is C20H23N3O6. The Morgan fingerprint density at radius 3 is 2.41 bits per heavy atom. The van der Waals surface area contributed by atoms with Gasteiger partial charge < -0.3 is 14.8 Å². The number of nitrogens with zero attached hydrogens (tertiary/aromatic N) is 1. The van der Waals surface area contributed by atoms with E-state index in [1.807, 2.05) is 13.8 Å². The molecule has 2 N–H and O–H groups in total. The van der Waals surface area contributed by atoms with E-state index in [2.05, 4.69) is 10.6 Å². The Labute approximate surface area is 168 Å². The van der Waals surface area contributed by atoms with Gasteiger partial charge in [0.25, 0.3) is 11.6 Å². The lowest BCUT2D eigenvalue weighted by Crippen LogP contribution is -2.42. The average Bonchev–Trinajstić information content (AvgIpc) is 2.70. The number of urea groups is 1. The smallest absolute Gasteiger partial charge is 0.321 e. The van der Waals surface area contributed by atoms with Gasteiger partial charge in [-0.05, 0) is 29.7 Å². The monoisotopic (exact) mass is 401 g/mol. The summed E-state index contributed by atoms with van der Waals surface area (Å²) in [6.45, 7) is 3.88. The van der Waals surface area contributed by atoms with Gasteiger partial charge in [-0.3, -0.25) is 20.2 Å². The van der Waals surface area contributed by atoms with Crippen LogP contribution < -0.4 is 20.1 Å². The molecule has 9 heteroatoms. The summed E-state index contributed by atoms with van der Waals surface area (Å²) in [5.41, 5.74) is 0.985. The average molecular weight is 401 g/mol. The van der Waals surface area contributed by atoms with Crippen LogP contribution in [0.5, 0.6) is 11.5 Å². The first kappa shape index (κ1) is 21.7. The van der Waals surface area contributed by atoms with Gasteiger partial charge >= 0.3 is 6.03 Å². The number of rotatable bonds is 8. The molecule has 29 heavy (non-hydrogen) atoms. The molecule has 0 aliphatic carbocycles. The fourth-order valence-corrected chi connectivity index (χ4v) is 2.40. The number of benzene rings is 2. The third kappa shape index (κ3) is 6.49. The van der Waals surface area contributed by atoms with Crippen LogP contribution in [0.25, 0.3) is 11.1 Å². The maximum absolute atomic E-state index is 12.0. The number of carbonyl (C=O) groups excluding carboxylic acids is 2. The molecule has 0 radical (unpaired) electrons. The zero-order chi connectivity index (χ0) is 21.4. The van der Waals surface area contributed by atoms with Gasteiger partial charge in [-0.2, -0.15) is 0 Å². The summed E-state index contributed by atoms with van der Waals surface area (Å²) >= 11 is 0. The number of nitrogens with one attached hydrogen (secondary N) is 2. The summed E-state index contributed by atoms with van der Waals surface area (Å²) in [6.07, 6.45) is 0. The molecule has 3 amide bonds. The molecule has 0 bridgehead atoms. The van der Waals surface area contributed by atoms with E-state index in [0.29, 0.717) is 23.4 Å². The van der Waals surface area contributed by atoms with Crippen LogP contribution in [0.1, 0.15) is 13.8 Å². The van der Waals surface area contributed by atoms with Crippen LogP contribution in [0.4, 0.5) is 10.5 Å². The Morgan fingerprint density at radius 2 is 1.83 bits per heavy atom. The van der Waals surface area contributed by atoms with Gasteiger partial charge in [-0.1, -0.05) is 26.0 Å². The molecule has 0 fully saturated rings. The molecule has 0 saturated heterocycles. The number of carbonyl (C=O) groups is 2. The second-order valence-electron chi connectivity index (χ2n) is 6.61. The summed E-state index contributed by atoms with van der Waals surface area (Å²) in [5.74, 6) is 0.525. The van der Waals surface area contributed by atoms with Gasteiger partial charge in [0.2, 0.25) is 0 Å². The Morgan fingerprint density at radius 1 is 1.14 bits per heavy atom. The van der Waals surface area contributed by atoms with Crippen molar-refractivity contribution in [2.75, 3.05) is 20.3 Å². The second kappa shape index (κ2) is 10.1. The lowest BCUT2D eigenvalue weighted by molar-refractivity contribution is -0.384. The third-order valence-corrected chi connectivity index (χ3v) is 3.86. The lowest BCUT2D eigenvalue weighted by Gasteiger charge is -2.13. The van der Waals surface area contributed by atoms with Crippen LogP contribution in [0.2, 0.25) is 0 Å². The topological polar surface area (TPSA) is 120 Å². The minimum Gasteiger partial charge on any atom is -0.497 e. The van der Waals surface area contributed by atoms with E-state index in [9.17, 15) is 19.7 Å². The van der Waals surface area contributed by atoms with Crippen LogP contribution >= 0.6 is 0 Å². The van der Waals surface area contributed by atoms with Gasteiger partial charge in [0, 0.05) is 24.2 Å². The standard InChI is InChI=1S/C20H23N3O6/c1-13(2)11-21-20(25)22-19(24)12-29-18-9-6-15(23(26)27)10-17(18)14-4-7-16(28-3)8-5-14/h4-10,13H,11-12H2,1-3H3,(H2,21,22,24,25). The van der Waals surface area contributed by atoms with Crippen molar-refractivity contribution in [2.45, 2.75) is 13.8 Å². The molecule has 0 unspecified atom stereocenters. The van der Waals surface area contributed by atoms with Crippen LogP contribution in [0, 0.1) is 16.0 Å². The predicted molar refractivity (Wildman–Crippen MR) is 107 cm³/mol. The zero-order valence-corrected chi connectivity index (χ0v) is 16.4. The van der Waals surface area contributed by atoms with Crippen molar-refractivity contribution < 1.29 is 24.0 Å². The highest BCUT2D eigenvalue weighted by Gasteiger charge is 2.15. The molecule has 2 rings (SSSR count). The molecular weight excluding hydrogens is 378 g/mol. The largest absolute Gasteiger partial charge is 0.497 e. The van der Waals surface area contributed by atoms with E-state index in [1.54, 1.807) is 24.3 Å². The van der Waals surface area contributed by atoms with Crippen molar-refractivity contribution in [2.24, 2.45) is 5.92 Å². The third-order valence-electron chi connectivity index (χ3n) is 3.86. The molecule has 2 aromatic carbocycles. The Balaban J connectivity index is 2.14. The minimum absolute atomic E-state index is 0.110. The summed E-state index contributed by atoms with van der Waals surface area (Å²) in [6, 6.07) is 10.3. The maximum atomic E-state index is 12.0. The highest BCUT2D eigenvalue weighted by molar-refractivity contribution is 5.95. The molecule has 0 heterocycles. The first-order chi connectivity index (χ1) is 13.8. The summed E-state index contributed by atoms with van der Waals surface area (Å²) < 4.78 is 10.6.